The second-order valence-electron chi connectivity index (χ2n) is 7.97. The SMILES string of the molecule is CSCCN(CC(=O)O)C(=O)CC(NC(=O)OCC1c2ccccc2-c2ccccc21)C(F)(F)F. The van der Waals surface area contributed by atoms with E-state index in [1.807, 2.05) is 48.5 Å². The smallest absolute Gasteiger partial charge is 0.409 e. The van der Waals surface area contributed by atoms with Crippen LogP contribution >= 0.6 is 11.8 Å². The number of benzene rings is 2. The third-order valence-electron chi connectivity index (χ3n) is 5.65. The number of hydrogen-bond acceptors (Lipinski definition) is 5. The van der Waals surface area contributed by atoms with Crippen LogP contribution in [0.2, 0.25) is 0 Å². The normalized spacial score (nSPS) is 13.5. The van der Waals surface area contributed by atoms with E-state index in [1.165, 1.54) is 11.8 Å². The Morgan fingerprint density at radius 3 is 2.17 bits per heavy atom. The maximum absolute atomic E-state index is 13.6. The standard InChI is InChI=1S/C24H25F3N2O5S/c1-35-11-10-29(13-22(31)32)21(30)12-20(24(25,26)27)28-23(33)34-14-19-17-8-4-2-6-15(17)16-7-3-5-9-18(16)19/h2-9,19-20H,10-14H2,1H3,(H,28,33)(H,31,32). The van der Waals surface area contributed by atoms with E-state index in [0.717, 1.165) is 27.2 Å². The van der Waals surface area contributed by atoms with Crippen molar-refractivity contribution in [3.63, 3.8) is 0 Å². The van der Waals surface area contributed by atoms with Crippen molar-refractivity contribution in [3.8, 4) is 11.1 Å². The summed E-state index contributed by atoms with van der Waals surface area (Å²) in [6, 6.07) is 12.5. The van der Waals surface area contributed by atoms with Gasteiger partial charge in [-0.3, -0.25) is 9.59 Å². The van der Waals surface area contributed by atoms with Gasteiger partial charge in [0.1, 0.15) is 19.2 Å². The van der Waals surface area contributed by atoms with Gasteiger partial charge in [-0.25, -0.2) is 4.79 Å². The van der Waals surface area contributed by atoms with Crippen LogP contribution in [0.3, 0.4) is 0 Å². The first kappa shape index (κ1) is 26.4. The van der Waals surface area contributed by atoms with Gasteiger partial charge in [0.05, 0.1) is 6.42 Å². The van der Waals surface area contributed by atoms with Gasteiger partial charge < -0.3 is 20.1 Å². The number of amides is 2. The lowest BCUT2D eigenvalue weighted by molar-refractivity contribution is -0.164. The molecule has 2 aromatic rings. The van der Waals surface area contributed by atoms with Crippen LogP contribution in [0.1, 0.15) is 23.5 Å². The lowest BCUT2D eigenvalue weighted by atomic mass is 9.98. The fraction of sp³-hybridized carbons (Fsp3) is 0.375. The van der Waals surface area contributed by atoms with E-state index in [0.29, 0.717) is 5.75 Å². The van der Waals surface area contributed by atoms with Crippen LogP contribution in [0, 0.1) is 0 Å². The molecule has 0 saturated heterocycles. The molecule has 0 heterocycles. The van der Waals surface area contributed by atoms with Crippen LogP contribution < -0.4 is 5.32 Å². The van der Waals surface area contributed by atoms with Gasteiger partial charge in [0.2, 0.25) is 5.91 Å². The Morgan fingerprint density at radius 2 is 1.66 bits per heavy atom. The summed E-state index contributed by atoms with van der Waals surface area (Å²) in [5, 5.41) is 10.7. The maximum Gasteiger partial charge on any atom is 0.409 e. The molecule has 7 nitrogen and oxygen atoms in total. The highest BCUT2D eigenvalue weighted by molar-refractivity contribution is 7.98. The van der Waals surface area contributed by atoms with Crippen molar-refractivity contribution in [2.24, 2.45) is 0 Å². The number of carboxylic acid groups (broad SMARTS) is 1. The minimum absolute atomic E-state index is 0.0260. The van der Waals surface area contributed by atoms with Crippen molar-refractivity contribution >= 4 is 29.7 Å². The molecule has 0 bridgehead atoms. The van der Waals surface area contributed by atoms with E-state index in [-0.39, 0.29) is 19.1 Å². The summed E-state index contributed by atoms with van der Waals surface area (Å²) in [6.45, 7) is -0.937. The molecule has 0 radical (unpaired) electrons. The van der Waals surface area contributed by atoms with Crippen LogP contribution in [0.15, 0.2) is 48.5 Å². The van der Waals surface area contributed by atoms with Crippen LogP contribution in [0.4, 0.5) is 18.0 Å². The molecule has 1 unspecified atom stereocenters. The van der Waals surface area contributed by atoms with E-state index < -0.39 is 43.2 Å². The number of rotatable bonds is 10. The number of carboxylic acids is 1. The van der Waals surface area contributed by atoms with Crippen LogP contribution in [0.25, 0.3) is 11.1 Å². The first-order chi connectivity index (χ1) is 16.6. The van der Waals surface area contributed by atoms with E-state index in [1.54, 1.807) is 11.6 Å². The highest BCUT2D eigenvalue weighted by atomic mass is 32.2. The molecule has 0 spiro atoms. The van der Waals surface area contributed by atoms with Crippen molar-refractivity contribution in [2.75, 3.05) is 31.7 Å². The molecule has 2 amide bonds. The van der Waals surface area contributed by atoms with Gasteiger partial charge in [0.15, 0.2) is 0 Å². The first-order valence-electron chi connectivity index (χ1n) is 10.8. The molecule has 0 saturated carbocycles. The lowest BCUT2D eigenvalue weighted by Crippen LogP contribution is -2.49. The van der Waals surface area contributed by atoms with Gasteiger partial charge in [-0.15, -0.1) is 0 Å². The average Bonchev–Trinajstić information content (AvgIpc) is 3.13. The number of carbonyl (C=O) groups excluding carboxylic acids is 2. The Bertz CT molecular complexity index is 1030. The highest BCUT2D eigenvalue weighted by Gasteiger charge is 2.43. The van der Waals surface area contributed by atoms with Crippen molar-refractivity contribution in [3.05, 3.63) is 59.7 Å². The highest BCUT2D eigenvalue weighted by Crippen LogP contribution is 2.44. The van der Waals surface area contributed by atoms with Crippen LogP contribution in [-0.2, 0) is 14.3 Å². The minimum Gasteiger partial charge on any atom is -0.480 e. The second kappa shape index (κ2) is 11.5. The Hall–Kier alpha value is -3.21. The zero-order chi connectivity index (χ0) is 25.6. The molecule has 0 aliphatic heterocycles. The number of alkyl carbamates (subject to hydrolysis) is 1. The number of halogens is 3. The molecule has 1 aliphatic carbocycles. The zero-order valence-electron chi connectivity index (χ0n) is 18.9. The van der Waals surface area contributed by atoms with Gasteiger partial charge in [-0.2, -0.15) is 24.9 Å². The summed E-state index contributed by atoms with van der Waals surface area (Å²) in [5.74, 6) is -2.35. The zero-order valence-corrected chi connectivity index (χ0v) is 19.7. The van der Waals surface area contributed by atoms with Gasteiger partial charge in [-0.1, -0.05) is 48.5 Å². The van der Waals surface area contributed by atoms with Crippen LogP contribution in [-0.4, -0.2) is 71.9 Å². The van der Waals surface area contributed by atoms with Gasteiger partial charge >= 0.3 is 18.2 Å². The van der Waals surface area contributed by atoms with Crippen LogP contribution in [0.5, 0.6) is 0 Å². The summed E-state index contributed by atoms with van der Waals surface area (Å²) in [5.41, 5.74) is 3.75. The first-order valence-corrected chi connectivity index (χ1v) is 12.2. The molecular weight excluding hydrogens is 485 g/mol. The Labute approximate surface area is 204 Å². The number of nitrogens with zero attached hydrogens (tertiary/aromatic N) is 1. The molecular formula is C24H25F3N2O5S. The molecule has 11 heteroatoms. The molecule has 0 aromatic heterocycles. The van der Waals surface area contributed by atoms with Gasteiger partial charge in [-0.05, 0) is 28.5 Å². The predicted octanol–water partition coefficient (Wildman–Crippen LogP) is 4.12. The van der Waals surface area contributed by atoms with E-state index in [4.69, 9.17) is 9.84 Å². The van der Waals surface area contributed by atoms with E-state index >= 15 is 0 Å². The topological polar surface area (TPSA) is 95.9 Å². The number of fused-ring (bicyclic) bond motifs is 3. The maximum atomic E-state index is 13.6. The van der Waals surface area contributed by atoms with Gasteiger partial charge in [0, 0.05) is 18.2 Å². The predicted molar refractivity (Wildman–Crippen MR) is 125 cm³/mol. The summed E-state index contributed by atoms with van der Waals surface area (Å²) >= 11 is 1.32. The number of carbonyl (C=O) groups is 3. The summed E-state index contributed by atoms with van der Waals surface area (Å²) in [4.78, 5) is 36.6. The van der Waals surface area contributed by atoms with E-state index in [2.05, 4.69) is 0 Å². The molecule has 1 atom stereocenters. The van der Waals surface area contributed by atoms with Crippen molar-refractivity contribution in [2.45, 2.75) is 24.6 Å². The van der Waals surface area contributed by atoms with Crippen molar-refractivity contribution in [1.29, 1.82) is 0 Å². The largest absolute Gasteiger partial charge is 0.480 e. The second-order valence-corrected chi connectivity index (χ2v) is 8.96. The fourth-order valence-corrected chi connectivity index (χ4v) is 4.39. The molecule has 2 N–H and O–H groups in total. The van der Waals surface area contributed by atoms with Gasteiger partial charge in [0.25, 0.3) is 0 Å². The fourth-order valence-electron chi connectivity index (χ4n) is 3.99. The average molecular weight is 511 g/mol. The Morgan fingerprint density at radius 1 is 1.09 bits per heavy atom. The number of thioether (sulfide) groups is 1. The van der Waals surface area contributed by atoms with Crippen molar-refractivity contribution in [1.82, 2.24) is 10.2 Å². The molecule has 3 rings (SSSR count). The monoisotopic (exact) mass is 510 g/mol. The third kappa shape index (κ3) is 6.68. The molecule has 1 aliphatic rings. The minimum atomic E-state index is -4.93. The summed E-state index contributed by atoms with van der Waals surface area (Å²) < 4.78 is 45.9. The molecule has 0 fully saturated rings. The molecule has 2 aromatic carbocycles. The quantitative estimate of drug-likeness (QED) is 0.499. The number of hydrogen-bond donors (Lipinski definition) is 2. The Kier molecular flexibility index (Phi) is 8.66. The molecule has 188 valence electrons. The number of alkyl halides is 3. The lowest BCUT2D eigenvalue weighted by Gasteiger charge is -2.25. The molecule has 35 heavy (non-hydrogen) atoms. The summed E-state index contributed by atoms with van der Waals surface area (Å²) in [7, 11) is 0. The van der Waals surface area contributed by atoms with E-state index in [9.17, 15) is 27.6 Å². The number of nitrogens with one attached hydrogen (secondary N) is 1. The third-order valence-corrected chi connectivity index (χ3v) is 6.24. The Balaban J connectivity index is 1.66. The van der Waals surface area contributed by atoms with Crippen molar-refractivity contribution < 1.29 is 37.4 Å². The summed E-state index contributed by atoms with van der Waals surface area (Å²) in [6.07, 6.45) is -5.65. The number of aliphatic carboxylic acids is 1. The number of ether oxygens (including phenoxy) is 1.